The summed E-state index contributed by atoms with van der Waals surface area (Å²) < 4.78 is 43.0. The Morgan fingerprint density at radius 3 is 2.62 bits per heavy atom. The SMILES string of the molecule is CC1CC(F)(F)CN(C(=O)c2cc(F)ccc2-n2nccn2)C1CNc1ncc(Cl)cn1. The second kappa shape index (κ2) is 8.73. The summed E-state index contributed by atoms with van der Waals surface area (Å²) in [5.41, 5.74) is 0.0783. The number of carbonyl (C=O) groups is 1. The molecule has 0 aliphatic carbocycles. The summed E-state index contributed by atoms with van der Waals surface area (Å²) in [6.07, 6.45) is 5.20. The number of benzene rings is 1. The average Bonchev–Trinajstić information content (AvgIpc) is 3.27. The highest BCUT2D eigenvalue weighted by Gasteiger charge is 2.46. The van der Waals surface area contributed by atoms with Gasteiger partial charge in [0, 0.05) is 13.0 Å². The summed E-state index contributed by atoms with van der Waals surface area (Å²) >= 11 is 5.79. The van der Waals surface area contributed by atoms with E-state index < -0.39 is 36.2 Å². The molecule has 32 heavy (non-hydrogen) atoms. The number of nitrogens with zero attached hydrogens (tertiary/aromatic N) is 6. The molecule has 4 rings (SSSR count). The third-order valence-corrected chi connectivity index (χ3v) is 5.45. The monoisotopic (exact) mass is 465 g/mol. The van der Waals surface area contributed by atoms with E-state index in [1.54, 1.807) is 6.92 Å². The van der Waals surface area contributed by atoms with Crippen LogP contribution in [0.3, 0.4) is 0 Å². The van der Waals surface area contributed by atoms with Gasteiger partial charge in [-0.1, -0.05) is 18.5 Å². The predicted octanol–water partition coefficient (Wildman–Crippen LogP) is 3.45. The Morgan fingerprint density at radius 1 is 1.25 bits per heavy atom. The second-order valence-corrected chi connectivity index (χ2v) is 8.06. The van der Waals surface area contributed by atoms with Crippen molar-refractivity contribution in [2.24, 2.45) is 5.92 Å². The standard InChI is InChI=1S/C20H19ClF3N7O/c1-12-7-20(23,24)11-30(17(12)10-27-19-25-8-13(21)9-26-19)18(32)15-6-14(22)2-3-16(15)31-28-4-5-29-31/h2-6,8-9,12,17H,7,10-11H2,1H3,(H,25,26,27). The molecule has 0 spiro atoms. The molecule has 3 aromatic rings. The van der Waals surface area contributed by atoms with Crippen molar-refractivity contribution in [3.8, 4) is 5.69 Å². The van der Waals surface area contributed by atoms with Gasteiger partial charge in [0.15, 0.2) is 0 Å². The van der Waals surface area contributed by atoms with Gasteiger partial charge in [-0.2, -0.15) is 15.0 Å². The first kappa shape index (κ1) is 22.0. The molecule has 0 saturated carbocycles. The van der Waals surface area contributed by atoms with Crippen LogP contribution in [0.4, 0.5) is 19.1 Å². The summed E-state index contributed by atoms with van der Waals surface area (Å²) in [7, 11) is 0. The Bertz CT molecular complexity index is 1100. The van der Waals surface area contributed by atoms with Crippen molar-refractivity contribution in [1.82, 2.24) is 29.9 Å². The Labute approximate surface area is 186 Å². The van der Waals surface area contributed by atoms with Crippen LogP contribution in [0.5, 0.6) is 0 Å². The summed E-state index contributed by atoms with van der Waals surface area (Å²) in [6.45, 7) is 0.964. The van der Waals surface area contributed by atoms with Gasteiger partial charge >= 0.3 is 0 Å². The Balaban J connectivity index is 1.65. The molecule has 1 aliphatic rings. The van der Waals surface area contributed by atoms with Crippen LogP contribution in [-0.4, -0.2) is 60.8 Å². The van der Waals surface area contributed by atoms with Gasteiger partial charge in [0.05, 0.1) is 53.6 Å². The predicted molar refractivity (Wildman–Crippen MR) is 110 cm³/mol. The highest BCUT2D eigenvalue weighted by atomic mass is 35.5. The smallest absolute Gasteiger partial charge is 0.265 e. The Kier molecular flexibility index (Phi) is 6.00. The second-order valence-electron chi connectivity index (χ2n) is 7.62. The van der Waals surface area contributed by atoms with Gasteiger partial charge in [-0.15, -0.1) is 0 Å². The lowest BCUT2D eigenvalue weighted by Gasteiger charge is -2.43. The van der Waals surface area contributed by atoms with E-state index in [2.05, 4.69) is 25.5 Å². The summed E-state index contributed by atoms with van der Waals surface area (Å²) in [5.74, 6) is -4.81. The fourth-order valence-corrected chi connectivity index (χ4v) is 3.92. The van der Waals surface area contributed by atoms with Gasteiger partial charge in [0.25, 0.3) is 11.8 Å². The molecule has 1 fully saturated rings. The summed E-state index contributed by atoms with van der Waals surface area (Å²) in [4.78, 5) is 23.7. The van der Waals surface area contributed by atoms with E-state index >= 15 is 0 Å². The maximum absolute atomic E-state index is 14.5. The van der Waals surface area contributed by atoms with E-state index in [4.69, 9.17) is 11.6 Å². The van der Waals surface area contributed by atoms with Gasteiger partial charge in [-0.05, 0) is 24.1 Å². The maximum atomic E-state index is 14.5. The number of alkyl halides is 2. The van der Waals surface area contributed by atoms with Crippen molar-refractivity contribution in [2.45, 2.75) is 25.3 Å². The van der Waals surface area contributed by atoms with Crippen LogP contribution in [0, 0.1) is 11.7 Å². The van der Waals surface area contributed by atoms with Crippen LogP contribution in [0.15, 0.2) is 43.0 Å². The van der Waals surface area contributed by atoms with Gasteiger partial charge in [-0.3, -0.25) is 4.79 Å². The van der Waals surface area contributed by atoms with Crippen molar-refractivity contribution in [1.29, 1.82) is 0 Å². The minimum absolute atomic E-state index is 0.112. The lowest BCUT2D eigenvalue weighted by atomic mass is 9.87. The molecule has 3 heterocycles. The number of hydrogen-bond donors (Lipinski definition) is 1. The molecule has 8 nitrogen and oxygen atoms in total. The van der Waals surface area contributed by atoms with Crippen LogP contribution in [-0.2, 0) is 0 Å². The number of halogens is 4. The number of likely N-dealkylation sites (tertiary alicyclic amines) is 1. The average molecular weight is 466 g/mol. The van der Waals surface area contributed by atoms with E-state index in [9.17, 15) is 18.0 Å². The van der Waals surface area contributed by atoms with Crippen molar-refractivity contribution in [3.05, 3.63) is 59.4 Å². The first-order chi connectivity index (χ1) is 15.2. The topological polar surface area (TPSA) is 88.8 Å². The van der Waals surface area contributed by atoms with Crippen LogP contribution in [0.2, 0.25) is 5.02 Å². The molecule has 0 radical (unpaired) electrons. The molecular weight excluding hydrogens is 447 g/mol. The number of carbonyl (C=O) groups excluding carboxylic acids is 1. The molecule has 0 bridgehead atoms. The molecule has 1 aliphatic heterocycles. The summed E-state index contributed by atoms with van der Waals surface area (Å²) in [6, 6.07) is 2.87. The van der Waals surface area contributed by atoms with Crippen molar-refractivity contribution >= 4 is 23.5 Å². The van der Waals surface area contributed by atoms with Gasteiger partial charge in [0.1, 0.15) is 5.82 Å². The largest absolute Gasteiger partial charge is 0.352 e. The van der Waals surface area contributed by atoms with E-state index in [1.807, 2.05) is 0 Å². The molecule has 1 N–H and O–H groups in total. The highest BCUT2D eigenvalue weighted by Crippen LogP contribution is 2.35. The summed E-state index contributed by atoms with van der Waals surface area (Å²) in [5, 5.41) is 11.3. The minimum Gasteiger partial charge on any atom is -0.352 e. The van der Waals surface area contributed by atoms with Crippen molar-refractivity contribution < 1.29 is 18.0 Å². The van der Waals surface area contributed by atoms with Gasteiger partial charge in [0.2, 0.25) is 5.95 Å². The first-order valence-electron chi connectivity index (χ1n) is 9.80. The van der Waals surface area contributed by atoms with Gasteiger partial charge < -0.3 is 10.2 Å². The molecule has 1 amide bonds. The van der Waals surface area contributed by atoms with Gasteiger partial charge in [-0.25, -0.2) is 23.1 Å². The number of amides is 1. The van der Waals surface area contributed by atoms with E-state index in [0.29, 0.717) is 5.02 Å². The number of piperidine rings is 1. The molecule has 2 atom stereocenters. The Morgan fingerprint density at radius 2 is 1.94 bits per heavy atom. The van der Waals surface area contributed by atoms with Crippen LogP contribution >= 0.6 is 11.6 Å². The van der Waals surface area contributed by atoms with E-state index in [0.717, 1.165) is 21.8 Å². The molecule has 1 saturated heterocycles. The first-order valence-corrected chi connectivity index (χ1v) is 10.2. The van der Waals surface area contributed by atoms with Crippen LogP contribution in [0.25, 0.3) is 5.69 Å². The molecule has 2 aromatic heterocycles. The molecule has 1 aromatic carbocycles. The molecule has 168 valence electrons. The zero-order valence-electron chi connectivity index (χ0n) is 16.9. The number of aromatic nitrogens is 5. The number of anilines is 1. The normalized spacial score (nSPS) is 20.2. The molecule has 12 heteroatoms. The maximum Gasteiger partial charge on any atom is 0.265 e. The third-order valence-electron chi connectivity index (χ3n) is 5.25. The molecule has 2 unspecified atom stereocenters. The van der Waals surface area contributed by atoms with Crippen LogP contribution in [0.1, 0.15) is 23.7 Å². The van der Waals surface area contributed by atoms with E-state index in [-0.39, 0.29) is 30.2 Å². The molecular formula is C20H19ClF3N7O. The quantitative estimate of drug-likeness (QED) is 0.621. The Hall–Kier alpha value is -3.21. The fraction of sp³-hybridized carbons (Fsp3) is 0.350. The fourth-order valence-electron chi connectivity index (χ4n) is 3.83. The van der Waals surface area contributed by atoms with Crippen molar-refractivity contribution in [3.63, 3.8) is 0 Å². The zero-order valence-corrected chi connectivity index (χ0v) is 17.7. The lowest BCUT2D eigenvalue weighted by Crippen LogP contribution is -2.57. The number of rotatable bonds is 5. The highest BCUT2D eigenvalue weighted by molar-refractivity contribution is 6.30. The lowest BCUT2D eigenvalue weighted by molar-refractivity contribution is -0.0897. The van der Waals surface area contributed by atoms with Crippen LogP contribution < -0.4 is 5.32 Å². The van der Waals surface area contributed by atoms with E-state index in [1.165, 1.54) is 30.9 Å². The zero-order chi connectivity index (χ0) is 22.9. The third kappa shape index (κ3) is 4.67. The number of hydrogen-bond acceptors (Lipinski definition) is 6. The minimum atomic E-state index is -3.08. The number of nitrogens with one attached hydrogen (secondary N) is 1. The van der Waals surface area contributed by atoms with Crippen molar-refractivity contribution in [2.75, 3.05) is 18.4 Å².